The standard InChI is InChI=1S/C14H19N2O2/c1-2-17-12-15-8-9-16(11-15)13-18-10-14-6-4-3-5-7-14/h3-9,11H,2,10,12-13H2,1H3/q+1. The van der Waals surface area contributed by atoms with E-state index >= 15 is 0 Å². The van der Waals surface area contributed by atoms with E-state index in [4.69, 9.17) is 9.47 Å². The lowest BCUT2D eigenvalue weighted by Crippen LogP contribution is -2.32. The van der Waals surface area contributed by atoms with Crippen LogP contribution in [0.1, 0.15) is 12.5 Å². The molecule has 4 nitrogen and oxygen atoms in total. The van der Waals surface area contributed by atoms with Crippen LogP contribution in [0.4, 0.5) is 0 Å². The Kier molecular flexibility index (Phi) is 4.93. The Morgan fingerprint density at radius 3 is 2.78 bits per heavy atom. The van der Waals surface area contributed by atoms with Crippen molar-refractivity contribution in [2.45, 2.75) is 27.0 Å². The van der Waals surface area contributed by atoms with Gasteiger partial charge in [-0.15, -0.1) is 0 Å². The highest BCUT2D eigenvalue weighted by atomic mass is 16.5. The molecule has 0 aliphatic carbocycles. The molecule has 0 aliphatic rings. The van der Waals surface area contributed by atoms with Crippen LogP contribution in [0.3, 0.4) is 0 Å². The first-order chi connectivity index (χ1) is 8.88. The zero-order chi connectivity index (χ0) is 12.6. The van der Waals surface area contributed by atoms with Gasteiger partial charge >= 0.3 is 0 Å². The number of rotatable bonds is 7. The molecule has 0 atom stereocenters. The van der Waals surface area contributed by atoms with E-state index in [1.54, 1.807) is 0 Å². The number of imidazole rings is 1. The summed E-state index contributed by atoms with van der Waals surface area (Å²) in [6, 6.07) is 10.2. The summed E-state index contributed by atoms with van der Waals surface area (Å²) in [5.74, 6) is 0. The molecule has 0 spiro atoms. The van der Waals surface area contributed by atoms with E-state index in [1.165, 1.54) is 5.56 Å². The molecule has 18 heavy (non-hydrogen) atoms. The van der Waals surface area contributed by atoms with Crippen molar-refractivity contribution in [1.29, 1.82) is 0 Å². The first kappa shape index (κ1) is 12.8. The molecule has 96 valence electrons. The first-order valence-corrected chi connectivity index (χ1v) is 6.12. The van der Waals surface area contributed by atoms with Gasteiger partial charge in [0.2, 0.25) is 6.33 Å². The van der Waals surface area contributed by atoms with Crippen molar-refractivity contribution >= 4 is 0 Å². The zero-order valence-electron chi connectivity index (χ0n) is 10.7. The van der Waals surface area contributed by atoms with E-state index in [-0.39, 0.29) is 0 Å². The SMILES string of the molecule is CCOCn1cc[n+](COCc2ccccc2)c1. The van der Waals surface area contributed by atoms with Crippen LogP contribution in [0, 0.1) is 0 Å². The number of benzene rings is 1. The molecule has 0 unspecified atom stereocenters. The predicted octanol–water partition coefficient (Wildman–Crippen LogP) is 1.94. The Morgan fingerprint density at radius 1 is 1.17 bits per heavy atom. The smallest absolute Gasteiger partial charge is 0.247 e. The second-order valence-electron chi connectivity index (χ2n) is 4.03. The van der Waals surface area contributed by atoms with Crippen molar-refractivity contribution in [2.24, 2.45) is 0 Å². The van der Waals surface area contributed by atoms with E-state index in [1.807, 2.05) is 53.0 Å². The third-order valence-corrected chi connectivity index (χ3v) is 2.54. The maximum absolute atomic E-state index is 5.63. The highest BCUT2D eigenvalue weighted by Gasteiger charge is 2.03. The van der Waals surface area contributed by atoms with Gasteiger partial charge in [-0.2, -0.15) is 0 Å². The Hall–Kier alpha value is -1.65. The molecule has 0 saturated carbocycles. The first-order valence-electron chi connectivity index (χ1n) is 6.12. The van der Waals surface area contributed by atoms with Crippen molar-refractivity contribution in [1.82, 2.24) is 4.57 Å². The Morgan fingerprint density at radius 2 is 2.00 bits per heavy atom. The predicted molar refractivity (Wildman–Crippen MR) is 67.5 cm³/mol. The van der Waals surface area contributed by atoms with Gasteiger partial charge in [0, 0.05) is 6.61 Å². The summed E-state index contributed by atoms with van der Waals surface area (Å²) >= 11 is 0. The van der Waals surface area contributed by atoms with Gasteiger partial charge in [-0.25, -0.2) is 9.13 Å². The van der Waals surface area contributed by atoms with Crippen molar-refractivity contribution in [2.75, 3.05) is 6.61 Å². The van der Waals surface area contributed by atoms with E-state index in [0.717, 1.165) is 6.61 Å². The molecule has 0 N–H and O–H groups in total. The van der Waals surface area contributed by atoms with Gasteiger partial charge < -0.3 is 9.47 Å². The van der Waals surface area contributed by atoms with Gasteiger partial charge in [-0.1, -0.05) is 30.3 Å². The average Bonchev–Trinajstić information content (AvgIpc) is 2.85. The van der Waals surface area contributed by atoms with Crippen molar-refractivity contribution in [3.63, 3.8) is 0 Å². The van der Waals surface area contributed by atoms with Gasteiger partial charge in [-0.05, 0) is 12.5 Å². The minimum Gasteiger partial charge on any atom is -0.342 e. The summed E-state index contributed by atoms with van der Waals surface area (Å²) in [5, 5.41) is 0. The van der Waals surface area contributed by atoms with Crippen LogP contribution in [-0.2, 0) is 29.5 Å². The normalized spacial score (nSPS) is 10.7. The zero-order valence-corrected chi connectivity index (χ0v) is 10.7. The van der Waals surface area contributed by atoms with Crippen LogP contribution < -0.4 is 4.57 Å². The quantitative estimate of drug-likeness (QED) is 0.699. The van der Waals surface area contributed by atoms with Crippen molar-refractivity contribution < 1.29 is 14.0 Å². The molecule has 1 aromatic carbocycles. The number of hydrogen-bond donors (Lipinski definition) is 0. The molecule has 1 heterocycles. The van der Waals surface area contributed by atoms with Gasteiger partial charge in [0.25, 0.3) is 0 Å². The Bertz CT molecular complexity index is 454. The summed E-state index contributed by atoms with van der Waals surface area (Å²) in [5.41, 5.74) is 1.19. The van der Waals surface area contributed by atoms with Gasteiger partial charge in [0.05, 0.1) is 6.61 Å². The highest BCUT2D eigenvalue weighted by Crippen LogP contribution is 1.99. The van der Waals surface area contributed by atoms with Crippen LogP contribution in [0.15, 0.2) is 49.1 Å². The third kappa shape index (κ3) is 3.98. The maximum Gasteiger partial charge on any atom is 0.247 e. The van der Waals surface area contributed by atoms with E-state index in [2.05, 4.69) is 12.1 Å². The molecular weight excluding hydrogens is 228 g/mol. The molecule has 0 amide bonds. The van der Waals surface area contributed by atoms with E-state index in [0.29, 0.717) is 20.1 Å². The Balaban J connectivity index is 1.75. The average molecular weight is 247 g/mol. The summed E-state index contributed by atoms with van der Waals surface area (Å²) in [7, 11) is 0. The molecule has 0 bridgehead atoms. The van der Waals surface area contributed by atoms with Crippen molar-refractivity contribution in [3.8, 4) is 0 Å². The van der Waals surface area contributed by atoms with Crippen LogP contribution >= 0.6 is 0 Å². The third-order valence-electron chi connectivity index (χ3n) is 2.54. The topological polar surface area (TPSA) is 27.3 Å². The largest absolute Gasteiger partial charge is 0.342 e. The highest BCUT2D eigenvalue weighted by molar-refractivity contribution is 5.13. The summed E-state index contributed by atoms with van der Waals surface area (Å²) in [6.45, 7) is 4.48. The summed E-state index contributed by atoms with van der Waals surface area (Å²) in [4.78, 5) is 0. The van der Waals surface area contributed by atoms with E-state index in [9.17, 15) is 0 Å². The molecule has 2 aromatic rings. The maximum atomic E-state index is 5.63. The summed E-state index contributed by atoms with van der Waals surface area (Å²) in [6.07, 6.45) is 5.92. The molecule has 0 radical (unpaired) electrons. The Labute approximate surface area is 107 Å². The number of hydrogen-bond acceptors (Lipinski definition) is 2. The number of nitrogens with zero attached hydrogens (tertiary/aromatic N) is 2. The second kappa shape index (κ2) is 6.93. The molecule has 4 heteroatoms. The fraction of sp³-hybridized carbons (Fsp3) is 0.357. The van der Waals surface area contributed by atoms with Gasteiger partial charge in [-0.3, -0.25) is 0 Å². The second-order valence-corrected chi connectivity index (χ2v) is 4.03. The van der Waals surface area contributed by atoms with Crippen LogP contribution in [0.25, 0.3) is 0 Å². The lowest BCUT2D eigenvalue weighted by atomic mass is 10.2. The molecular formula is C14H19N2O2+. The van der Waals surface area contributed by atoms with Crippen LogP contribution in [0.5, 0.6) is 0 Å². The number of aromatic nitrogens is 2. The molecule has 1 aromatic heterocycles. The van der Waals surface area contributed by atoms with E-state index < -0.39 is 0 Å². The van der Waals surface area contributed by atoms with Crippen molar-refractivity contribution in [3.05, 3.63) is 54.6 Å². The van der Waals surface area contributed by atoms with Crippen LogP contribution in [0.2, 0.25) is 0 Å². The van der Waals surface area contributed by atoms with Gasteiger partial charge in [0.15, 0.2) is 13.5 Å². The summed E-state index contributed by atoms with van der Waals surface area (Å²) < 4.78 is 14.9. The minimum atomic E-state index is 0.550. The lowest BCUT2D eigenvalue weighted by molar-refractivity contribution is -0.733. The lowest BCUT2D eigenvalue weighted by Gasteiger charge is -2.01. The number of ether oxygens (including phenoxy) is 2. The molecule has 2 rings (SSSR count). The molecule has 0 fully saturated rings. The molecule has 0 aliphatic heterocycles. The monoisotopic (exact) mass is 247 g/mol. The fourth-order valence-electron chi connectivity index (χ4n) is 1.63. The fourth-order valence-corrected chi connectivity index (χ4v) is 1.63. The minimum absolute atomic E-state index is 0.550. The van der Waals surface area contributed by atoms with Gasteiger partial charge in [0.1, 0.15) is 12.4 Å². The van der Waals surface area contributed by atoms with Crippen LogP contribution in [-0.4, -0.2) is 11.2 Å². The molecule has 0 saturated heterocycles.